The lowest BCUT2D eigenvalue weighted by Gasteiger charge is -2.45. The molecule has 0 N–H and O–H groups in total. The second-order valence-electron chi connectivity index (χ2n) is 4.88. The molecule has 0 radical (unpaired) electrons. The molecule has 0 aromatic rings. The minimum absolute atomic E-state index is 0.127. The molecule has 0 heterocycles. The lowest BCUT2D eigenvalue weighted by Crippen LogP contribution is -2.51. The van der Waals surface area contributed by atoms with Crippen molar-refractivity contribution in [2.24, 2.45) is 21.3 Å². The van der Waals surface area contributed by atoms with Crippen molar-refractivity contribution in [3.05, 3.63) is 0 Å². The molecule has 1 rings (SSSR count). The van der Waals surface area contributed by atoms with Gasteiger partial charge in [-0.3, -0.25) is 0 Å². The van der Waals surface area contributed by atoms with Crippen LogP contribution in [0.2, 0.25) is 0 Å². The van der Waals surface area contributed by atoms with E-state index in [0.29, 0.717) is 5.92 Å². The largest absolute Gasteiger partial charge is 0.235 e. The van der Waals surface area contributed by atoms with E-state index in [-0.39, 0.29) is 21.4 Å². The molecule has 0 amide bonds. The number of nitrogens with zero attached hydrogens (tertiary/aromatic N) is 2. The first-order valence-electron chi connectivity index (χ1n) is 5.23. The number of hydrogen-bond acceptors (Lipinski definition) is 4. The smallest absolute Gasteiger partial charge is 0.211 e. The van der Waals surface area contributed by atoms with Gasteiger partial charge in [0.15, 0.2) is 0 Å². The summed E-state index contributed by atoms with van der Waals surface area (Å²) in [6, 6.07) is -0.262. The molecule has 4 nitrogen and oxygen atoms in total. The highest BCUT2D eigenvalue weighted by atomic mass is 127. The second-order valence-corrected chi connectivity index (χ2v) is 6.48. The van der Waals surface area contributed by atoms with Crippen LogP contribution in [0.25, 0.3) is 0 Å². The van der Waals surface area contributed by atoms with Gasteiger partial charge in [0, 0.05) is 9.34 Å². The molecular weight excluding hydrogens is 319 g/mol. The third-order valence-corrected chi connectivity index (χ3v) is 4.58. The Balaban J connectivity index is 3.13. The minimum Gasteiger partial charge on any atom is -0.211 e. The van der Waals surface area contributed by atoms with Gasteiger partial charge < -0.3 is 0 Å². The first-order chi connectivity index (χ1) is 7.45. The van der Waals surface area contributed by atoms with Gasteiger partial charge in [-0.15, -0.1) is 0 Å². The van der Waals surface area contributed by atoms with Crippen molar-refractivity contribution >= 4 is 34.8 Å². The molecule has 16 heavy (non-hydrogen) atoms. The summed E-state index contributed by atoms with van der Waals surface area (Å²) >= 11 is 2.31. The van der Waals surface area contributed by atoms with Crippen LogP contribution in [0.15, 0.2) is 9.98 Å². The Bertz CT molecular complexity index is 325. The van der Waals surface area contributed by atoms with E-state index in [1.807, 2.05) is 13.8 Å². The summed E-state index contributed by atoms with van der Waals surface area (Å²) in [5.41, 5.74) is -0.307. The molecule has 0 bridgehead atoms. The summed E-state index contributed by atoms with van der Waals surface area (Å²) in [4.78, 5) is 28.7. The van der Waals surface area contributed by atoms with Gasteiger partial charge in [0.25, 0.3) is 0 Å². The molecule has 0 aromatic carbocycles. The third-order valence-electron chi connectivity index (χ3n) is 3.39. The Morgan fingerprint density at radius 2 is 1.69 bits per heavy atom. The predicted octanol–water partition coefficient (Wildman–Crippen LogP) is 2.26. The fourth-order valence-corrected chi connectivity index (χ4v) is 4.53. The highest BCUT2D eigenvalue weighted by Crippen LogP contribution is 2.45. The highest BCUT2D eigenvalue weighted by molar-refractivity contribution is 14.1. The van der Waals surface area contributed by atoms with E-state index < -0.39 is 0 Å². The number of halogens is 1. The van der Waals surface area contributed by atoms with Gasteiger partial charge in [0.1, 0.15) is 0 Å². The Labute approximate surface area is 109 Å². The molecular formula is C11H15IN2O2. The number of hydrogen-bond donors (Lipinski definition) is 0. The number of carbonyl (C=O) groups excluding carboxylic acids is 2. The lowest BCUT2D eigenvalue weighted by molar-refractivity contribution is 0.132. The molecule has 88 valence electrons. The number of aliphatic imine (C=N–C) groups is 2. The summed E-state index contributed by atoms with van der Waals surface area (Å²) in [5, 5.41) is 0. The van der Waals surface area contributed by atoms with E-state index in [2.05, 4.69) is 39.5 Å². The topological polar surface area (TPSA) is 58.9 Å². The summed E-state index contributed by atoms with van der Waals surface area (Å²) < 4.78 is 0.280. The van der Waals surface area contributed by atoms with Gasteiger partial charge in [-0.05, 0) is 12.3 Å². The molecule has 1 saturated carbocycles. The van der Waals surface area contributed by atoms with Crippen molar-refractivity contribution in [1.82, 2.24) is 0 Å². The molecule has 1 fully saturated rings. The fraction of sp³-hybridized carbons (Fsp3) is 0.818. The first-order valence-corrected chi connectivity index (χ1v) is 6.47. The first kappa shape index (κ1) is 13.6. The van der Waals surface area contributed by atoms with Gasteiger partial charge in [-0.1, -0.05) is 43.4 Å². The molecule has 4 unspecified atom stereocenters. The summed E-state index contributed by atoms with van der Waals surface area (Å²) in [5.74, 6) is 0.302. The van der Waals surface area contributed by atoms with Gasteiger partial charge in [-0.25, -0.2) is 19.6 Å². The average Bonchev–Trinajstić information content (AvgIpc) is 2.19. The van der Waals surface area contributed by atoms with Crippen LogP contribution in [-0.4, -0.2) is 28.2 Å². The maximum atomic E-state index is 10.5. The molecule has 1 aliphatic carbocycles. The van der Waals surface area contributed by atoms with Gasteiger partial charge >= 0.3 is 0 Å². The predicted molar refractivity (Wildman–Crippen MR) is 69.2 cm³/mol. The second kappa shape index (κ2) is 5.21. The van der Waals surface area contributed by atoms with Crippen molar-refractivity contribution in [3.8, 4) is 0 Å². The lowest BCUT2D eigenvalue weighted by atomic mass is 9.66. The SMILES string of the molecule is CC1CC(I)C(N=C=O)C(C)(C)C1N=C=O. The van der Waals surface area contributed by atoms with Gasteiger partial charge in [0.05, 0.1) is 12.1 Å². The van der Waals surface area contributed by atoms with Crippen molar-refractivity contribution in [2.75, 3.05) is 0 Å². The van der Waals surface area contributed by atoms with Crippen LogP contribution in [0.1, 0.15) is 27.2 Å². The number of alkyl halides is 1. The maximum Gasteiger partial charge on any atom is 0.235 e. The van der Waals surface area contributed by atoms with Crippen molar-refractivity contribution in [3.63, 3.8) is 0 Å². The van der Waals surface area contributed by atoms with Gasteiger partial charge in [0.2, 0.25) is 12.2 Å². The van der Waals surface area contributed by atoms with E-state index in [4.69, 9.17) is 0 Å². The van der Waals surface area contributed by atoms with E-state index >= 15 is 0 Å². The minimum atomic E-state index is -0.307. The normalized spacial score (nSPS) is 37.0. The molecule has 5 heteroatoms. The molecule has 1 aliphatic rings. The zero-order chi connectivity index (χ0) is 12.3. The highest BCUT2D eigenvalue weighted by Gasteiger charge is 2.48. The van der Waals surface area contributed by atoms with E-state index in [1.165, 1.54) is 0 Å². The van der Waals surface area contributed by atoms with E-state index in [1.54, 1.807) is 12.2 Å². The van der Waals surface area contributed by atoms with Crippen LogP contribution < -0.4 is 0 Å². The quantitative estimate of drug-likeness (QED) is 0.337. The van der Waals surface area contributed by atoms with E-state index in [9.17, 15) is 9.59 Å². The average molecular weight is 334 g/mol. The van der Waals surface area contributed by atoms with Crippen LogP contribution in [0, 0.1) is 11.3 Å². The van der Waals surface area contributed by atoms with Crippen molar-refractivity contribution in [1.29, 1.82) is 0 Å². The Kier molecular flexibility index (Phi) is 4.42. The van der Waals surface area contributed by atoms with Crippen LogP contribution in [0.4, 0.5) is 0 Å². The molecule has 0 spiro atoms. The van der Waals surface area contributed by atoms with Crippen LogP contribution in [0.5, 0.6) is 0 Å². The van der Waals surface area contributed by atoms with Crippen molar-refractivity contribution in [2.45, 2.75) is 43.2 Å². The summed E-state index contributed by atoms with van der Waals surface area (Å²) in [6.07, 6.45) is 4.16. The number of rotatable bonds is 2. The summed E-state index contributed by atoms with van der Waals surface area (Å²) in [7, 11) is 0. The fourth-order valence-electron chi connectivity index (χ4n) is 2.64. The van der Waals surface area contributed by atoms with E-state index in [0.717, 1.165) is 6.42 Å². The molecule has 4 atom stereocenters. The van der Waals surface area contributed by atoms with Crippen LogP contribution >= 0.6 is 22.6 Å². The molecule has 0 saturated heterocycles. The summed E-state index contributed by atoms with van der Waals surface area (Å²) in [6.45, 7) is 6.05. The molecule has 0 aliphatic heterocycles. The molecule has 0 aromatic heterocycles. The Morgan fingerprint density at radius 1 is 1.19 bits per heavy atom. The Morgan fingerprint density at radius 3 is 2.19 bits per heavy atom. The standard InChI is InChI=1S/C11H15IN2O2/c1-7-4-8(12)10(14-6-16)11(2,3)9(7)13-5-15/h7-10H,4H2,1-3H3. The zero-order valence-corrected chi connectivity index (χ0v) is 11.8. The van der Waals surface area contributed by atoms with Crippen LogP contribution in [-0.2, 0) is 9.59 Å². The van der Waals surface area contributed by atoms with Crippen LogP contribution in [0.3, 0.4) is 0 Å². The third kappa shape index (κ3) is 2.42. The zero-order valence-electron chi connectivity index (χ0n) is 9.61. The Hall–Kier alpha value is -0.510. The van der Waals surface area contributed by atoms with Gasteiger partial charge in [-0.2, -0.15) is 0 Å². The monoisotopic (exact) mass is 334 g/mol. The van der Waals surface area contributed by atoms with Crippen molar-refractivity contribution < 1.29 is 9.59 Å². The number of isocyanates is 2. The maximum absolute atomic E-state index is 10.5.